The van der Waals surface area contributed by atoms with Gasteiger partial charge in [-0.1, -0.05) is 0 Å². The molecule has 1 saturated heterocycles. The van der Waals surface area contributed by atoms with Crippen LogP contribution in [0, 0.1) is 0 Å². The Morgan fingerprint density at radius 3 is 2.27 bits per heavy atom. The van der Waals surface area contributed by atoms with Crippen LogP contribution in [0.2, 0.25) is 0 Å². The number of ether oxygens (including phenoxy) is 2. The van der Waals surface area contributed by atoms with Crippen molar-refractivity contribution in [3.8, 4) is 0 Å². The van der Waals surface area contributed by atoms with Crippen molar-refractivity contribution in [3.63, 3.8) is 0 Å². The highest BCUT2D eigenvalue weighted by Crippen LogP contribution is 2.24. The van der Waals surface area contributed by atoms with Gasteiger partial charge in [0, 0.05) is 19.9 Å². The van der Waals surface area contributed by atoms with Crippen LogP contribution in [-0.4, -0.2) is 106 Å². The van der Waals surface area contributed by atoms with Gasteiger partial charge < -0.3 is 46.5 Å². The lowest BCUT2D eigenvalue weighted by atomic mass is 9.96. The Bertz CT molecular complexity index is 706. The van der Waals surface area contributed by atoms with E-state index in [1.807, 2.05) is 0 Å². The molecule has 33 heavy (non-hydrogen) atoms. The van der Waals surface area contributed by atoms with Gasteiger partial charge >= 0.3 is 5.97 Å². The summed E-state index contributed by atoms with van der Waals surface area (Å²) in [5.41, 5.74) is 11.1. The average Bonchev–Trinajstić information content (AvgIpc) is 2.70. The second-order valence-corrected chi connectivity index (χ2v) is 7.99. The first-order valence-electron chi connectivity index (χ1n) is 10.4. The summed E-state index contributed by atoms with van der Waals surface area (Å²) in [6, 6.07) is -3.58. The number of nitrogens with one attached hydrogen (secondary N) is 1. The molecule has 0 saturated carbocycles. The van der Waals surface area contributed by atoms with Gasteiger partial charge in [0.05, 0.1) is 12.1 Å². The Morgan fingerprint density at radius 2 is 1.82 bits per heavy atom. The van der Waals surface area contributed by atoms with E-state index in [-0.39, 0.29) is 13.0 Å². The summed E-state index contributed by atoms with van der Waals surface area (Å²) in [6.07, 6.45) is -7.44. The first kappa shape index (κ1) is 28.7. The summed E-state index contributed by atoms with van der Waals surface area (Å²) in [5.74, 6) is -3.39. The minimum atomic E-state index is -1.65. The number of amides is 3. The summed E-state index contributed by atoms with van der Waals surface area (Å²) in [4.78, 5) is 48.2. The van der Waals surface area contributed by atoms with Crippen LogP contribution in [-0.2, 0) is 33.8 Å². The van der Waals surface area contributed by atoms with E-state index in [0.717, 1.165) is 4.90 Å². The topological polar surface area (TPSA) is 235 Å². The number of carboxylic acids is 1. The van der Waals surface area contributed by atoms with Crippen LogP contribution in [0.4, 0.5) is 0 Å². The number of carboxylic acid groups (broad SMARTS) is 1. The van der Waals surface area contributed by atoms with E-state index in [0.29, 0.717) is 0 Å². The van der Waals surface area contributed by atoms with Crippen molar-refractivity contribution < 1.29 is 49.1 Å². The monoisotopic (exact) mass is 477 g/mol. The Balaban J connectivity index is 3.13. The number of primary amides is 1. The summed E-state index contributed by atoms with van der Waals surface area (Å²) in [5, 5.41) is 43.3. The van der Waals surface area contributed by atoms with Crippen molar-refractivity contribution in [3.05, 3.63) is 0 Å². The highest BCUT2D eigenvalue weighted by Gasteiger charge is 2.47. The fourth-order valence-electron chi connectivity index (χ4n) is 3.55. The van der Waals surface area contributed by atoms with Crippen LogP contribution < -0.4 is 16.8 Å². The molecule has 0 spiro atoms. The smallest absolute Gasteiger partial charge is 0.303 e. The Kier molecular flexibility index (Phi) is 11.1. The SMILES string of the molecule is CC(=O)N[C@@H]1[C@@H](OC(C)CN(C(=O)[C@H](C)N)[C@H](CCC(=O)O)C(N)=O)[C@H](O)[C@@H](C[O])O[C@@H]1O. The average molecular weight is 477 g/mol. The van der Waals surface area contributed by atoms with Crippen molar-refractivity contribution >= 4 is 23.7 Å². The molecule has 189 valence electrons. The molecular weight excluding hydrogens is 444 g/mol. The van der Waals surface area contributed by atoms with Crippen LogP contribution in [0.5, 0.6) is 0 Å². The zero-order valence-corrected chi connectivity index (χ0v) is 18.7. The third-order valence-corrected chi connectivity index (χ3v) is 5.08. The Labute approximate surface area is 190 Å². The minimum absolute atomic E-state index is 0.263. The number of hydrogen-bond donors (Lipinski definition) is 6. The summed E-state index contributed by atoms with van der Waals surface area (Å²) in [7, 11) is 0. The Hall–Kier alpha value is -2.36. The first-order valence-corrected chi connectivity index (χ1v) is 10.4. The molecule has 1 unspecified atom stereocenters. The van der Waals surface area contributed by atoms with Gasteiger partial charge in [-0.2, -0.15) is 0 Å². The predicted molar refractivity (Wildman–Crippen MR) is 110 cm³/mol. The van der Waals surface area contributed by atoms with Crippen LogP contribution in [0.25, 0.3) is 0 Å². The number of nitrogens with two attached hydrogens (primary N) is 2. The van der Waals surface area contributed by atoms with Crippen molar-refractivity contribution in [2.24, 2.45) is 11.5 Å². The van der Waals surface area contributed by atoms with Crippen LogP contribution in [0.1, 0.15) is 33.6 Å². The lowest BCUT2D eigenvalue weighted by Crippen LogP contribution is -2.65. The van der Waals surface area contributed by atoms with Crippen molar-refractivity contribution in [1.82, 2.24) is 10.2 Å². The normalized spacial score (nSPS) is 27.8. The van der Waals surface area contributed by atoms with E-state index in [1.54, 1.807) is 0 Å². The first-order chi connectivity index (χ1) is 15.3. The molecule has 8 N–H and O–H groups in total. The second-order valence-electron chi connectivity index (χ2n) is 7.99. The second kappa shape index (κ2) is 12.8. The molecule has 8 atom stereocenters. The Morgan fingerprint density at radius 1 is 1.21 bits per heavy atom. The van der Waals surface area contributed by atoms with Gasteiger partial charge in [-0.3, -0.25) is 19.2 Å². The minimum Gasteiger partial charge on any atom is -0.481 e. The van der Waals surface area contributed by atoms with Gasteiger partial charge in [-0.25, -0.2) is 5.11 Å². The highest BCUT2D eigenvalue weighted by molar-refractivity contribution is 5.89. The van der Waals surface area contributed by atoms with Gasteiger partial charge in [0.25, 0.3) is 0 Å². The summed E-state index contributed by atoms with van der Waals surface area (Å²) >= 11 is 0. The largest absolute Gasteiger partial charge is 0.481 e. The number of aliphatic carboxylic acids is 1. The molecule has 1 aliphatic rings. The predicted octanol–water partition coefficient (Wildman–Crippen LogP) is -3.33. The number of nitrogens with zero attached hydrogens (tertiary/aromatic N) is 1. The summed E-state index contributed by atoms with van der Waals surface area (Å²) in [6.45, 7) is 2.83. The van der Waals surface area contributed by atoms with E-state index in [2.05, 4.69) is 5.32 Å². The number of hydrogen-bond acceptors (Lipinski definition) is 9. The zero-order chi connectivity index (χ0) is 25.5. The van der Waals surface area contributed by atoms with Crippen molar-refractivity contribution in [2.75, 3.05) is 13.2 Å². The molecule has 0 aliphatic carbocycles. The molecule has 0 aromatic carbocycles. The molecule has 14 nitrogen and oxygen atoms in total. The van der Waals surface area contributed by atoms with Gasteiger partial charge in [0.1, 0.15) is 37.0 Å². The number of aliphatic hydroxyl groups excluding tert-OH is 2. The fourth-order valence-corrected chi connectivity index (χ4v) is 3.55. The number of carbonyl (C=O) groups is 4. The molecule has 0 bridgehead atoms. The van der Waals surface area contributed by atoms with Gasteiger partial charge in [-0.05, 0) is 20.3 Å². The molecule has 1 fully saturated rings. The lowest BCUT2D eigenvalue weighted by Gasteiger charge is -2.43. The number of rotatable bonds is 12. The number of aliphatic hydroxyl groups is 2. The van der Waals surface area contributed by atoms with Crippen LogP contribution in [0.3, 0.4) is 0 Å². The standard InChI is InChI=1S/C19H33N4O10/c1-8(6-23(18(30)9(2)20)11(17(21)29)4-5-13(26)27)32-16-14(22-10(3)25)19(31)33-12(7-24)15(16)28/h8-9,11-12,14-16,19,28,31H,4-7,20H2,1-3H3,(H2,21,29)(H,22,25)(H,26,27)/t8?,9-,11+,12+,14+,15+,16+,19-/m0/s1. The fraction of sp³-hybridized carbons (Fsp3) is 0.789. The molecular formula is C19H33N4O10. The van der Waals surface area contributed by atoms with E-state index >= 15 is 0 Å². The van der Waals surface area contributed by atoms with Gasteiger partial charge in [0.15, 0.2) is 6.29 Å². The lowest BCUT2D eigenvalue weighted by molar-refractivity contribution is -0.270. The maximum absolute atomic E-state index is 12.7. The maximum atomic E-state index is 12.7. The molecule has 1 aliphatic heterocycles. The van der Waals surface area contributed by atoms with E-state index in [9.17, 15) is 34.5 Å². The number of carbonyl (C=O) groups excluding carboxylic acids is 3. The molecule has 1 rings (SSSR count). The summed E-state index contributed by atoms with van der Waals surface area (Å²) < 4.78 is 10.8. The third-order valence-electron chi connectivity index (χ3n) is 5.08. The van der Waals surface area contributed by atoms with E-state index in [1.165, 1.54) is 20.8 Å². The molecule has 14 heteroatoms. The van der Waals surface area contributed by atoms with E-state index in [4.69, 9.17) is 26.0 Å². The molecule has 3 amide bonds. The van der Waals surface area contributed by atoms with Crippen LogP contribution in [0.15, 0.2) is 0 Å². The maximum Gasteiger partial charge on any atom is 0.303 e. The van der Waals surface area contributed by atoms with E-state index < -0.39 is 85.5 Å². The molecule has 0 aromatic rings. The quantitative estimate of drug-likeness (QED) is 0.163. The third kappa shape index (κ3) is 8.17. The molecule has 1 heterocycles. The highest BCUT2D eigenvalue weighted by atomic mass is 16.6. The molecule has 0 aromatic heterocycles. The van der Waals surface area contributed by atoms with Crippen LogP contribution >= 0.6 is 0 Å². The van der Waals surface area contributed by atoms with Crippen molar-refractivity contribution in [1.29, 1.82) is 0 Å². The van der Waals surface area contributed by atoms with Gasteiger partial charge in [-0.15, -0.1) is 0 Å². The van der Waals surface area contributed by atoms with Crippen molar-refractivity contribution in [2.45, 2.75) is 82.4 Å². The zero-order valence-electron chi connectivity index (χ0n) is 18.7. The van der Waals surface area contributed by atoms with Gasteiger partial charge in [0.2, 0.25) is 17.7 Å². The molecule has 1 radical (unpaired) electrons.